The molecule has 0 radical (unpaired) electrons. The van der Waals surface area contributed by atoms with E-state index in [4.69, 9.17) is 0 Å². The maximum absolute atomic E-state index is 2.32. The fourth-order valence-corrected chi connectivity index (χ4v) is 7.53. The Morgan fingerprint density at radius 2 is 0.889 bits per heavy atom. The highest BCUT2D eigenvalue weighted by atomic mass is 32.1. The molecular formula is C34H24S2. The lowest BCUT2D eigenvalue weighted by Gasteiger charge is -2.00. The summed E-state index contributed by atoms with van der Waals surface area (Å²) < 4.78 is 5.53. The van der Waals surface area contributed by atoms with Crippen molar-refractivity contribution in [2.75, 3.05) is 0 Å². The smallest absolute Gasteiger partial charge is 0.0361 e. The molecule has 0 atom stereocenters. The summed E-state index contributed by atoms with van der Waals surface area (Å²) in [4.78, 5) is 0. The van der Waals surface area contributed by atoms with Gasteiger partial charge in [0.2, 0.25) is 0 Å². The van der Waals surface area contributed by atoms with Crippen molar-refractivity contribution in [3.63, 3.8) is 0 Å². The van der Waals surface area contributed by atoms with Crippen molar-refractivity contribution in [1.82, 2.24) is 0 Å². The Morgan fingerprint density at radius 3 is 1.69 bits per heavy atom. The van der Waals surface area contributed by atoms with E-state index in [1.54, 1.807) is 0 Å². The summed E-state index contributed by atoms with van der Waals surface area (Å²) in [5.74, 6) is 0. The lowest BCUT2D eigenvalue weighted by molar-refractivity contribution is 1.51. The van der Waals surface area contributed by atoms with Gasteiger partial charge in [-0.1, -0.05) is 78.4 Å². The van der Waals surface area contributed by atoms with E-state index in [1.165, 1.54) is 73.0 Å². The van der Waals surface area contributed by atoms with E-state index in [0.717, 1.165) is 0 Å². The van der Waals surface area contributed by atoms with Gasteiger partial charge in [0.05, 0.1) is 0 Å². The van der Waals surface area contributed by atoms with Crippen LogP contribution in [0.25, 0.3) is 61.9 Å². The van der Waals surface area contributed by atoms with Crippen molar-refractivity contribution < 1.29 is 0 Å². The van der Waals surface area contributed by atoms with Gasteiger partial charge in [0.1, 0.15) is 0 Å². The van der Waals surface area contributed by atoms with E-state index in [9.17, 15) is 0 Å². The Hall–Kier alpha value is -3.72. The Bertz CT molecular complexity index is 2060. The zero-order valence-corrected chi connectivity index (χ0v) is 21.8. The van der Waals surface area contributed by atoms with Gasteiger partial charge in [-0.2, -0.15) is 0 Å². The monoisotopic (exact) mass is 496 g/mol. The van der Waals surface area contributed by atoms with Gasteiger partial charge in [-0.25, -0.2) is 0 Å². The molecule has 0 nitrogen and oxygen atoms in total. The first-order chi connectivity index (χ1) is 17.6. The number of hydrogen-bond donors (Lipinski definition) is 0. The standard InChI is InChI=1S/2C17H12S/c1-11-6-7-12-9-15-14-4-2-3-5-16(14)18-17(15)10-13(12)8-11;1-11-6-7-14-15-9-12-4-2-3-5-13(12)10-17(15)18-16(14)8-11/h2*2-10H,1H3. The minimum atomic E-state index is 1.32. The molecule has 0 N–H and O–H groups in total. The summed E-state index contributed by atoms with van der Waals surface area (Å²) in [7, 11) is 0. The topological polar surface area (TPSA) is 0 Å². The highest BCUT2D eigenvalue weighted by Gasteiger charge is 2.07. The first kappa shape index (κ1) is 21.6. The van der Waals surface area contributed by atoms with E-state index in [0.29, 0.717) is 0 Å². The molecule has 0 aliphatic rings. The number of aryl methyl sites for hydroxylation is 2. The third kappa shape index (κ3) is 3.65. The predicted molar refractivity (Wildman–Crippen MR) is 163 cm³/mol. The van der Waals surface area contributed by atoms with Gasteiger partial charge >= 0.3 is 0 Å². The van der Waals surface area contributed by atoms with Crippen LogP contribution < -0.4 is 0 Å². The molecule has 0 aliphatic heterocycles. The molecule has 2 heteroatoms. The van der Waals surface area contributed by atoms with Gasteiger partial charge < -0.3 is 0 Å². The second-order valence-corrected chi connectivity index (χ2v) is 11.8. The number of rotatable bonds is 0. The van der Waals surface area contributed by atoms with Crippen LogP contribution in [-0.4, -0.2) is 0 Å². The average Bonchev–Trinajstić information content (AvgIpc) is 3.42. The van der Waals surface area contributed by atoms with Crippen LogP contribution in [0, 0.1) is 13.8 Å². The van der Waals surface area contributed by atoms with E-state index in [1.807, 2.05) is 22.7 Å². The maximum atomic E-state index is 2.32. The third-order valence-corrected chi connectivity index (χ3v) is 9.24. The molecule has 0 aliphatic carbocycles. The molecule has 0 amide bonds. The molecule has 2 heterocycles. The van der Waals surface area contributed by atoms with Crippen LogP contribution >= 0.6 is 22.7 Å². The highest BCUT2D eigenvalue weighted by molar-refractivity contribution is 7.26. The van der Waals surface area contributed by atoms with E-state index < -0.39 is 0 Å². The first-order valence-corrected chi connectivity index (χ1v) is 13.9. The quantitative estimate of drug-likeness (QED) is 0.196. The molecule has 2 aromatic heterocycles. The molecule has 36 heavy (non-hydrogen) atoms. The van der Waals surface area contributed by atoms with Crippen LogP contribution in [0.4, 0.5) is 0 Å². The summed E-state index contributed by atoms with van der Waals surface area (Å²) in [6.45, 7) is 4.30. The van der Waals surface area contributed by atoms with Gasteiger partial charge in [-0.3, -0.25) is 0 Å². The Kier molecular flexibility index (Phi) is 5.06. The Labute approximate surface area is 218 Å². The highest BCUT2D eigenvalue weighted by Crippen LogP contribution is 2.37. The molecule has 0 spiro atoms. The summed E-state index contributed by atoms with van der Waals surface area (Å²) >= 11 is 3.77. The number of benzene rings is 6. The molecule has 8 rings (SSSR count). The number of hydrogen-bond acceptors (Lipinski definition) is 2. The summed E-state index contributed by atoms with van der Waals surface area (Å²) in [6, 6.07) is 39.9. The number of fused-ring (bicyclic) bond motifs is 8. The molecule has 0 saturated heterocycles. The van der Waals surface area contributed by atoms with Crippen molar-refractivity contribution in [2.24, 2.45) is 0 Å². The van der Waals surface area contributed by atoms with Gasteiger partial charge in [0, 0.05) is 40.3 Å². The van der Waals surface area contributed by atoms with Crippen LogP contribution in [0.1, 0.15) is 11.1 Å². The lowest BCUT2D eigenvalue weighted by atomic mass is 10.0. The van der Waals surface area contributed by atoms with Crippen LogP contribution in [0.2, 0.25) is 0 Å². The van der Waals surface area contributed by atoms with Crippen molar-refractivity contribution in [3.8, 4) is 0 Å². The maximum Gasteiger partial charge on any atom is 0.0361 e. The van der Waals surface area contributed by atoms with E-state index in [-0.39, 0.29) is 0 Å². The van der Waals surface area contributed by atoms with Crippen molar-refractivity contribution in [2.45, 2.75) is 13.8 Å². The Morgan fingerprint density at radius 1 is 0.361 bits per heavy atom. The molecular weight excluding hydrogens is 473 g/mol. The largest absolute Gasteiger partial charge is 0.135 e. The molecule has 8 aromatic rings. The van der Waals surface area contributed by atoms with Gasteiger partial charge in [-0.05, 0) is 77.4 Å². The van der Waals surface area contributed by atoms with E-state index >= 15 is 0 Å². The number of thiophene rings is 2. The van der Waals surface area contributed by atoms with Crippen LogP contribution in [0.3, 0.4) is 0 Å². The summed E-state index contributed by atoms with van der Waals surface area (Å²) in [6.07, 6.45) is 0. The first-order valence-electron chi connectivity index (χ1n) is 12.3. The SMILES string of the molecule is Cc1ccc2c(c1)sc1cc3ccccc3cc12.Cc1ccc2cc3c(cc2c1)sc1ccccc13. The summed E-state index contributed by atoms with van der Waals surface area (Å²) in [5, 5.41) is 10.8. The normalized spacial score (nSPS) is 11.6. The van der Waals surface area contributed by atoms with Crippen LogP contribution in [-0.2, 0) is 0 Å². The minimum Gasteiger partial charge on any atom is -0.135 e. The zero-order chi connectivity index (χ0) is 24.2. The second kappa shape index (κ2) is 8.44. The van der Waals surface area contributed by atoms with Crippen molar-refractivity contribution >= 4 is 84.6 Å². The van der Waals surface area contributed by atoms with Crippen LogP contribution in [0.15, 0.2) is 109 Å². The van der Waals surface area contributed by atoms with Crippen LogP contribution in [0.5, 0.6) is 0 Å². The van der Waals surface area contributed by atoms with E-state index in [2.05, 4.69) is 123 Å². The fraction of sp³-hybridized carbons (Fsp3) is 0.0588. The summed E-state index contributed by atoms with van der Waals surface area (Å²) in [5.41, 5.74) is 2.65. The molecule has 6 aromatic carbocycles. The molecule has 0 fully saturated rings. The third-order valence-electron chi connectivity index (χ3n) is 6.99. The Balaban J connectivity index is 0.000000122. The second-order valence-electron chi connectivity index (χ2n) is 9.59. The van der Waals surface area contributed by atoms with Gasteiger partial charge in [-0.15, -0.1) is 22.7 Å². The van der Waals surface area contributed by atoms with Crippen molar-refractivity contribution in [1.29, 1.82) is 0 Å². The van der Waals surface area contributed by atoms with Gasteiger partial charge in [0.15, 0.2) is 0 Å². The molecule has 0 bridgehead atoms. The zero-order valence-electron chi connectivity index (χ0n) is 20.2. The van der Waals surface area contributed by atoms with Crippen molar-refractivity contribution in [3.05, 3.63) is 120 Å². The predicted octanol–water partition coefficient (Wildman–Crippen LogP) is 11.0. The molecule has 0 unspecified atom stereocenters. The molecule has 172 valence electrons. The van der Waals surface area contributed by atoms with Gasteiger partial charge in [0.25, 0.3) is 0 Å². The lowest BCUT2D eigenvalue weighted by Crippen LogP contribution is -1.75. The molecule has 0 saturated carbocycles. The minimum absolute atomic E-state index is 1.32. The fourth-order valence-electron chi connectivity index (χ4n) is 5.16. The average molecular weight is 497 g/mol.